The predicted molar refractivity (Wildman–Crippen MR) is 111 cm³/mol. The number of benzene rings is 1. The number of nitrogen functional groups attached to an aromatic ring is 1. The van der Waals surface area contributed by atoms with E-state index in [0.717, 1.165) is 5.56 Å². The monoisotopic (exact) mass is 420 g/mol. The van der Waals surface area contributed by atoms with Gasteiger partial charge in [-0.15, -0.1) is 0 Å². The van der Waals surface area contributed by atoms with Crippen LogP contribution in [0.15, 0.2) is 39.9 Å². The molecule has 1 unspecified atom stereocenters. The van der Waals surface area contributed by atoms with Gasteiger partial charge in [0.15, 0.2) is 15.5 Å². The number of carbonyl (C=O) groups is 1. The van der Waals surface area contributed by atoms with Crippen LogP contribution >= 0.6 is 0 Å². The van der Waals surface area contributed by atoms with Gasteiger partial charge in [0.2, 0.25) is 5.91 Å². The third-order valence-corrected chi connectivity index (χ3v) is 6.73. The van der Waals surface area contributed by atoms with Gasteiger partial charge >= 0.3 is 5.69 Å². The van der Waals surface area contributed by atoms with Crippen LogP contribution in [0.2, 0.25) is 0 Å². The van der Waals surface area contributed by atoms with Crippen LogP contribution in [0.4, 0.5) is 11.5 Å². The molecule has 3 rings (SSSR count). The molecule has 1 saturated heterocycles. The van der Waals surface area contributed by atoms with E-state index in [4.69, 9.17) is 5.73 Å². The summed E-state index contributed by atoms with van der Waals surface area (Å²) >= 11 is 0. The molecule has 2 aromatic rings. The zero-order chi connectivity index (χ0) is 21.2. The molecule has 29 heavy (non-hydrogen) atoms. The Hall–Kier alpha value is -2.88. The van der Waals surface area contributed by atoms with Crippen molar-refractivity contribution in [2.45, 2.75) is 26.3 Å². The Kier molecular flexibility index (Phi) is 5.92. The first-order valence-electron chi connectivity index (χ1n) is 9.42. The lowest BCUT2D eigenvalue weighted by Crippen LogP contribution is -2.44. The minimum atomic E-state index is -3.27. The quantitative estimate of drug-likeness (QED) is 0.692. The van der Waals surface area contributed by atoms with Crippen molar-refractivity contribution in [2.24, 2.45) is 5.92 Å². The van der Waals surface area contributed by atoms with Gasteiger partial charge in [-0.25, -0.2) is 13.2 Å². The molecule has 0 bridgehead atoms. The van der Waals surface area contributed by atoms with E-state index >= 15 is 0 Å². The van der Waals surface area contributed by atoms with Crippen molar-refractivity contribution in [2.75, 3.05) is 28.7 Å². The highest BCUT2D eigenvalue weighted by Crippen LogP contribution is 2.25. The summed E-state index contributed by atoms with van der Waals surface area (Å²) in [7, 11) is -3.27. The summed E-state index contributed by atoms with van der Waals surface area (Å²) in [6.07, 6.45) is 0.741. The van der Waals surface area contributed by atoms with Crippen molar-refractivity contribution in [3.63, 3.8) is 0 Å². The second kappa shape index (κ2) is 8.24. The van der Waals surface area contributed by atoms with Crippen molar-refractivity contribution >= 4 is 27.2 Å². The number of rotatable bonds is 6. The first-order chi connectivity index (χ1) is 13.7. The highest BCUT2D eigenvalue weighted by Gasteiger charge is 2.37. The van der Waals surface area contributed by atoms with E-state index in [1.54, 1.807) is 0 Å². The molecule has 1 amide bonds. The fraction of sp³-hybridized carbons (Fsp3) is 0.421. The van der Waals surface area contributed by atoms with Gasteiger partial charge in [-0.3, -0.25) is 19.1 Å². The summed E-state index contributed by atoms with van der Waals surface area (Å²) in [4.78, 5) is 41.4. The second-order valence-corrected chi connectivity index (χ2v) is 9.38. The number of carbonyl (C=O) groups excluding carboxylic acids is 1. The molecule has 10 heteroatoms. The molecule has 0 saturated carbocycles. The third kappa shape index (κ3) is 4.42. The molecule has 0 aliphatic carbocycles. The Morgan fingerprint density at radius 1 is 1.28 bits per heavy atom. The molecular formula is C19H24N4O5S. The maximum atomic E-state index is 13.0. The minimum Gasteiger partial charge on any atom is -0.383 e. The number of aromatic nitrogens is 2. The molecule has 156 valence electrons. The lowest BCUT2D eigenvalue weighted by molar-refractivity contribution is -0.121. The zero-order valence-electron chi connectivity index (χ0n) is 16.1. The number of hydrogen-bond acceptors (Lipinski definition) is 6. The van der Waals surface area contributed by atoms with Crippen LogP contribution in [-0.2, 0) is 21.2 Å². The Morgan fingerprint density at radius 2 is 1.97 bits per heavy atom. The fourth-order valence-electron chi connectivity index (χ4n) is 3.53. The number of nitrogens with two attached hydrogens (primary N) is 1. The van der Waals surface area contributed by atoms with Crippen LogP contribution in [-0.4, -0.2) is 41.9 Å². The van der Waals surface area contributed by atoms with Crippen LogP contribution in [0.25, 0.3) is 0 Å². The first-order valence-corrected chi connectivity index (χ1v) is 11.2. The Morgan fingerprint density at radius 3 is 2.55 bits per heavy atom. The van der Waals surface area contributed by atoms with Crippen LogP contribution in [0, 0.1) is 5.92 Å². The smallest absolute Gasteiger partial charge is 0.330 e. The second-order valence-electron chi connectivity index (χ2n) is 7.15. The van der Waals surface area contributed by atoms with Gasteiger partial charge in [0.25, 0.3) is 5.56 Å². The third-order valence-electron chi connectivity index (χ3n) is 4.96. The lowest BCUT2D eigenvalue weighted by Gasteiger charge is -2.26. The number of nitrogens with zero attached hydrogens (tertiary/aromatic N) is 2. The van der Waals surface area contributed by atoms with E-state index in [1.165, 1.54) is 9.47 Å². The number of nitrogens with one attached hydrogen (secondary N) is 1. The molecule has 1 aromatic heterocycles. The number of H-pyrrole nitrogens is 1. The van der Waals surface area contributed by atoms with Crippen molar-refractivity contribution < 1.29 is 13.2 Å². The van der Waals surface area contributed by atoms with Gasteiger partial charge in [-0.2, -0.15) is 0 Å². The number of hydrogen-bond donors (Lipinski definition) is 2. The number of amides is 1. The average molecular weight is 420 g/mol. The molecule has 0 spiro atoms. The van der Waals surface area contributed by atoms with Gasteiger partial charge in [0.05, 0.1) is 24.0 Å². The average Bonchev–Trinajstić information content (AvgIpc) is 3.04. The maximum Gasteiger partial charge on any atom is 0.330 e. The van der Waals surface area contributed by atoms with E-state index < -0.39 is 32.9 Å². The van der Waals surface area contributed by atoms with E-state index in [0.29, 0.717) is 6.42 Å². The highest BCUT2D eigenvalue weighted by molar-refractivity contribution is 7.91. The molecule has 9 nitrogen and oxygen atoms in total. The van der Waals surface area contributed by atoms with E-state index in [1.807, 2.05) is 37.3 Å². The summed E-state index contributed by atoms with van der Waals surface area (Å²) in [6, 6.07) is 9.10. The minimum absolute atomic E-state index is 0.0529. The van der Waals surface area contributed by atoms with E-state index in [2.05, 4.69) is 4.98 Å². The molecule has 2 heterocycles. The Balaban J connectivity index is 2.04. The van der Waals surface area contributed by atoms with E-state index in [-0.39, 0.29) is 42.5 Å². The molecule has 1 atom stereocenters. The topological polar surface area (TPSA) is 135 Å². The summed E-state index contributed by atoms with van der Waals surface area (Å²) in [5, 5.41) is 0. The normalized spacial score (nSPS) is 17.9. The Bertz CT molecular complexity index is 1120. The van der Waals surface area contributed by atoms with Crippen LogP contribution in [0.1, 0.15) is 25.3 Å². The van der Waals surface area contributed by atoms with Crippen LogP contribution in [0.3, 0.4) is 0 Å². The van der Waals surface area contributed by atoms with Gasteiger partial charge in [-0.05, 0) is 18.4 Å². The molecule has 3 N–H and O–H groups in total. The zero-order valence-corrected chi connectivity index (χ0v) is 16.9. The maximum absolute atomic E-state index is 13.0. The molecule has 1 aliphatic heterocycles. The van der Waals surface area contributed by atoms with Gasteiger partial charge in [-0.1, -0.05) is 37.3 Å². The van der Waals surface area contributed by atoms with Crippen LogP contribution in [0.5, 0.6) is 0 Å². The van der Waals surface area contributed by atoms with Gasteiger partial charge in [0.1, 0.15) is 5.82 Å². The molecule has 1 aliphatic rings. The number of aromatic amines is 1. The van der Waals surface area contributed by atoms with E-state index in [9.17, 15) is 22.8 Å². The van der Waals surface area contributed by atoms with Gasteiger partial charge in [0, 0.05) is 6.54 Å². The van der Waals surface area contributed by atoms with Crippen LogP contribution < -0.4 is 21.9 Å². The molecule has 0 radical (unpaired) electrons. The van der Waals surface area contributed by atoms with Crippen molar-refractivity contribution in [3.05, 3.63) is 56.7 Å². The molecular weight excluding hydrogens is 396 g/mol. The van der Waals surface area contributed by atoms with Gasteiger partial charge < -0.3 is 10.6 Å². The predicted octanol–water partition coefficient (Wildman–Crippen LogP) is 0.345. The Labute approximate surface area is 168 Å². The summed E-state index contributed by atoms with van der Waals surface area (Å²) in [6.45, 7) is 2.14. The van der Waals surface area contributed by atoms with Crippen molar-refractivity contribution in [1.82, 2.24) is 9.55 Å². The largest absolute Gasteiger partial charge is 0.383 e. The van der Waals surface area contributed by atoms with Crippen molar-refractivity contribution in [1.29, 1.82) is 0 Å². The first kappa shape index (κ1) is 20.8. The summed E-state index contributed by atoms with van der Waals surface area (Å²) < 4.78 is 24.8. The molecule has 1 fully saturated rings. The lowest BCUT2D eigenvalue weighted by atomic mass is 10.1. The summed E-state index contributed by atoms with van der Waals surface area (Å²) in [5.41, 5.74) is 5.43. The summed E-state index contributed by atoms with van der Waals surface area (Å²) in [5.74, 6) is -1.60. The highest BCUT2D eigenvalue weighted by atomic mass is 32.2. The SMILES string of the molecule is CCCN(C(=O)C1CCS(=O)(=O)C1)c1c(N)n(Cc2ccccc2)c(=O)[nH]c1=O. The number of anilines is 2. The standard InChI is InChI=1S/C19H24N4O5S/c1-2-9-22(18(25)14-8-10-29(27,28)12-14)15-16(20)23(19(26)21-17(15)24)11-13-6-4-3-5-7-13/h3-7,14H,2,8-12,20H2,1H3,(H,21,24,26). The fourth-order valence-corrected chi connectivity index (χ4v) is 5.26. The van der Waals surface area contributed by atoms with Crippen molar-refractivity contribution in [3.8, 4) is 0 Å². The molecule has 1 aromatic carbocycles. The number of sulfone groups is 1.